The normalized spacial score (nSPS) is 45.5. The highest BCUT2D eigenvalue weighted by Gasteiger charge is 2.32. The first kappa shape index (κ1) is 8.59. The second-order valence-corrected chi connectivity index (χ2v) is 5.35. The second kappa shape index (κ2) is 3.40. The summed E-state index contributed by atoms with van der Waals surface area (Å²) in [6.07, 6.45) is 9.17. The van der Waals surface area contributed by atoms with Gasteiger partial charge in [0.2, 0.25) is 0 Å². The Morgan fingerprint density at radius 3 is 2.17 bits per heavy atom. The lowest BCUT2D eigenvalue weighted by Crippen LogP contribution is -2.20. The van der Waals surface area contributed by atoms with Crippen LogP contribution in [0.15, 0.2) is 0 Å². The van der Waals surface area contributed by atoms with Crippen LogP contribution in [-0.4, -0.2) is 0 Å². The average molecular weight is 166 g/mol. The summed E-state index contributed by atoms with van der Waals surface area (Å²) in [5.74, 6) is 4.37. The molecule has 0 amide bonds. The molecule has 2 saturated carbocycles. The van der Waals surface area contributed by atoms with Crippen LogP contribution in [-0.2, 0) is 0 Å². The molecule has 2 fully saturated rings. The minimum Gasteiger partial charge on any atom is -0.0625 e. The number of hydrogen-bond donors (Lipinski definition) is 0. The Balaban J connectivity index is 1.47. The summed E-state index contributed by atoms with van der Waals surface area (Å²) in [4.78, 5) is 0. The maximum Gasteiger partial charge on any atom is -0.0386 e. The predicted octanol–water partition coefficient (Wildman–Crippen LogP) is 3.86. The van der Waals surface area contributed by atoms with Crippen LogP contribution in [0.4, 0.5) is 0 Å². The van der Waals surface area contributed by atoms with Gasteiger partial charge in [-0.1, -0.05) is 33.1 Å². The minimum atomic E-state index is 1.05. The lowest BCUT2D eigenvalue weighted by atomic mass is 9.74. The molecule has 0 N–H and O–H groups in total. The highest BCUT2D eigenvalue weighted by molar-refractivity contribution is 4.83. The first-order chi connectivity index (χ1) is 5.75. The Hall–Kier alpha value is 0. The van der Waals surface area contributed by atoms with Gasteiger partial charge >= 0.3 is 0 Å². The summed E-state index contributed by atoms with van der Waals surface area (Å²) >= 11 is 0. The van der Waals surface area contributed by atoms with Gasteiger partial charge in [-0.05, 0) is 42.9 Å². The average Bonchev–Trinajstić information content (AvgIpc) is 2.63. The molecule has 2 aliphatic carbocycles. The smallest absolute Gasteiger partial charge is 0.0386 e. The van der Waals surface area contributed by atoms with E-state index in [0.29, 0.717) is 0 Å². The molecule has 0 spiro atoms. The minimum absolute atomic E-state index is 1.05. The summed E-state index contributed by atoms with van der Waals surface area (Å²) in [5, 5.41) is 0. The molecule has 0 aliphatic heterocycles. The molecular weight excluding hydrogens is 144 g/mol. The van der Waals surface area contributed by atoms with Gasteiger partial charge in [0.05, 0.1) is 0 Å². The van der Waals surface area contributed by atoms with Crippen molar-refractivity contribution in [3.63, 3.8) is 0 Å². The molecule has 0 radical (unpaired) electrons. The summed E-state index contributed by atoms with van der Waals surface area (Å²) in [6.45, 7) is 4.79. The van der Waals surface area contributed by atoms with Crippen molar-refractivity contribution in [1.82, 2.24) is 0 Å². The molecule has 0 heterocycles. The van der Waals surface area contributed by atoms with Crippen LogP contribution in [0.2, 0.25) is 0 Å². The van der Waals surface area contributed by atoms with Gasteiger partial charge < -0.3 is 0 Å². The third kappa shape index (κ3) is 2.02. The standard InChI is InChI=1S/C12H22/c1-9-6-11(7-9)4-3-5-12-8-10(12)2/h9-12H,3-8H2,1-2H3. The molecule has 2 aliphatic rings. The van der Waals surface area contributed by atoms with Crippen molar-refractivity contribution in [2.45, 2.75) is 52.4 Å². The fraction of sp³-hybridized carbons (Fsp3) is 1.00. The van der Waals surface area contributed by atoms with Crippen LogP contribution in [0.25, 0.3) is 0 Å². The van der Waals surface area contributed by atoms with E-state index >= 15 is 0 Å². The number of hydrogen-bond acceptors (Lipinski definition) is 0. The van der Waals surface area contributed by atoms with E-state index in [0.717, 1.165) is 23.7 Å². The van der Waals surface area contributed by atoms with Crippen molar-refractivity contribution in [1.29, 1.82) is 0 Å². The zero-order valence-electron chi connectivity index (χ0n) is 8.55. The Labute approximate surface area is 76.7 Å². The SMILES string of the molecule is CC1CC(CCCC2CC2C)C1. The highest BCUT2D eigenvalue weighted by Crippen LogP contribution is 2.43. The van der Waals surface area contributed by atoms with Gasteiger partial charge in [-0.25, -0.2) is 0 Å². The first-order valence-corrected chi connectivity index (χ1v) is 5.75. The second-order valence-electron chi connectivity index (χ2n) is 5.35. The highest BCUT2D eigenvalue weighted by atomic mass is 14.4. The maximum atomic E-state index is 2.40. The van der Waals surface area contributed by atoms with Crippen LogP contribution < -0.4 is 0 Å². The zero-order chi connectivity index (χ0) is 8.55. The molecule has 0 saturated heterocycles. The van der Waals surface area contributed by atoms with Gasteiger partial charge in [-0.15, -0.1) is 0 Å². The molecule has 0 nitrogen and oxygen atoms in total. The molecule has 2 unspecified atom stereocenters. The van der Waals surface area contributed by atoms with Gasteiger partial charge in [0, 0.05) is 0 Å². The van der Waals surface area contributed by atoms with Crippen molar-refractivity contribution in [2.75, 3.05) is 0 Å². The third-order valence-corrected chi connectivity index (χ3v) is 3.93. The first-order valence-electron chi connectivity index (χ1n) is 5.75. The van der Waals surface area contributed by atoms with E-state index in [4.69, 9.17) is 0 Å². The largest absolute Gasteiger partial charge is 0.0625 e. The molecule has 0 aromatic heterocycles. The summed E-state index contributed by atoms with van der Waals surface area (Å²) in [5.41, 5.74) is 0. The van der Waals surface area contributed by atoms with Crippen molar-refractivity contribution in [2.24, 2.45) is 23.7 Å². The fourth-order valence-electron chi connectivity index (χ4n) is 2.77. The predicted molar refractivity (Wildman–Crippen MR) is 53.0 cm³/mol. The molecule has 0 aromatic carbocycles. The van der Waals surface area contributed by atoms with E-state index in [1.54, 1.807) is 0 Å². The van der Waals surface area contributed by atoms with Crippen LogP contribution in [0.1, 0.15) is 52.4 Å². The van der Waals surface area contributed by atoms with Gasteiger partial charge in [0.25, 0.3) is 0 Å². The lowest BCUT2D eigenvalue weighted by Gasteiger charge is -2.32. The quantitative estimate of drug-likeness (QED) is 0.595. The molecule has 2 rings (SSSR count). The van der Waals surface area contributed by atoms with E-state index < -0.39 is 0 Å². The van der Waals surface area contributed by atoms with Gasteiger partial charge in [0.1, 0.15) is 0 Å². The van der Waals surface area contributed by atoms with Gasteiger partial charge in [0.15, 0.2) is 0 Å². The van der Waals surface area contributed by atoms with E-state index in [2.05, 4.69) is 13.8 Å². The fourth-order valence-corrected chi connectivity index (χ4v) is 2.77. The van der Waals surface area contributed by atoms with Crippen LogP contribution in [0, 0.1) is 23.7 Å². The number of rotatable bonds is 4. The van der Waals surface area contributed by atoms with E-state index in [1.807, 2.05) is 0 Å². The molecule has 12 heavy (non-hydrogen) atoms. The molecule has 70 valence electrons. The topological polar surface area (TPSA) is 0 Å². The Morgan fingerprint density at radius 2 is 1.67 bits per heavy atom. The summed E-state index contributed by atoms with van der Waals surface area (Å²) in [7, 11) is 0. The third-order valence-electron chi connectivity index (χ3n) is 3.93. The Kier molecular flexibility index (Phi) is 2.43. The molecule has 0 bridgehead atoms. The Bertz CT molecular complexity index is 144. The molecular formula is C12H22. The monoisotopic (exact) mass is 166 g/mol. The van der Waals surface area contributed by atoms with Crippen molar-refractivity contribution in [3.05, 3.63) is 0 Å². The molecule has 2 atom stereocenters. The van der Waals surface area contributed by atoms with Crippen molar-refractivity contribution < 1.29 is 0 Å². The maximum absolute atomic E-state index is 2.40. The van der Waals surface area contributed by atoms with E-state index in [1.165, 1.54) is 38.5 Å². The van der Waals surface area contributed by atoms with E-state index in [9.17, 15) is 0 Å². The zero-order valence-corrected chi connectivity index (χ0v) is 8.55. The van der Waals surface area contributed by atoms with Crippen LogP contribution >= 0.6 is 0 Å². The molecule has 0 aromatic rings. The van der Waals surface area contributed by atoms with Gasteiger partial charge in [-0.2, -0.15) is 0 Å². The van der Waals surface area contributed by atoms with Crippen molar-refractivity contribution >= 4 is 0 Å². The lowest BCUT2D eigenvalue weighted by molar-refractivity contribution is 0.194. The summed E-state index contributed by atoms with van der Waals surface area (Å²) < 4.78 is 0. The van der Waals surface area contributed by atoms with Crippen LogP contribution in [0.3, 0.4) is 0 Å². The summed E-state index contributed by atoms with van der Waals surface area (Å²) in [6, 6.07) is 0. The Morgan fingerprint density at radius 1 is 1.00 bits per heavy atom. The van der Waals surface area contributed by atoms with Gasteiger partial charge in [-0.3, -0.25) is 0 Å². The van der Waals surface area contributed by atoms with Crippen LogP contribution in [0.5, 0.6) is 0 Å². The van der Waals surface area contributed by atoms with E-state index in [-0.39, 0.29) is 0 Å². The van der Waals surface area contributed by atoms with Crippen molar-refractivity contribution in [3.8, 4) is 0 Å². The molecule has 0 heteroatoms.